The summed E-state index contributed by atoms with van der Waals surface area (Å²) in [6.45, 7) is 9.43. The highest BCUT2D eigenvalue weighted by Crippen LogP contribution is 2.25. The normalized spacial score (nSPS) is 14.9. The highest BCUT2D eigenvalue weighted by atomic mass is 16.5. The number of carbonyl (C=O) groups excluding carboxylic acids is 2. The van der Waals surface area contributed by atoms with Crippen LogP contribution in [0.5, 0.6) is 0 Å². The number of hydrogen-bond acceptors (Lipinski definition) is 6. The van der Waals surface area contributed by atoms with Crippen LogP contribution in [0.2, 0.25) is 0 Å². The molecule has 6 heteroatoms. The van der Waals surface area contributed by atoms with Crippen LogP contribution in [0, 0.1) is 11.8 Å². The highest BCUT2D eigenvalue weighted by molar-refractivity contribution is 5.70. The number of ether oxygens (including phenoxy) is 2. The van der Waals surface area contributed by atoms with E-state index in [0.29, 0.717) is 38.0 Å². The third-order valence-corrected chi connectivity index (χ3v) is 12.4. The molecule has 1 N–H and O–H groups in total. The minimum absolute atomic E-state index is 0.0327. The fourth-order valence-electron chi connectivity index (χ4n) is 8.69. The summed E-state index contributed by atoms with van der Waals surface area (Å²) in [6.07, 6.45) is 43.4. The molecular weight excluding hydrogens is 683 g/mol. The lowest BCUT2D eigenvalue weighted by atomic mass is 9.91. The lowest BCUT2D eigenvalue weighted by Crippen LogP contribution is -2.38. The third-order valence-electron chi connectivity index (χ3n) is 12.4. The summed E-state index contributed by atoms with van der Waals surface area (Å²) < 4.78 is 11.8. The number of hydrogen-bond donors (Lipinski definition) is 1. The van der Waals surface area contributed by atoms with Gasteiger partial charge in [-0.05, 0) is 57.4 Å². The fourth-order valence-corrected chi connectivity index (χ4v) is 8.69. The molecule has 0 aromatic rings. The Bertz CT molecular complexity index is 828. The molecule has 1 aliphatic rings. The van der Waals surface area contributed by atoms with Crippen LogP contribution in [0.1, 0.15) is 252 Å². The first-order valence-electron chi connectivity index (χ1n) is 24.7. The molecule has 0 aliphatic heterocycles. The van der Waals surface area contributed by atoms with Crippen LogP contribution in [-0.2, 0) is 19.1 Å². The van der Waals surface area contributed by atoms with Crippen molar-refractivity contribution in [2.45, 2.75) is 258 Å². The van der Waals surface area contributed by atoms with Crippen LogP contribution in [0.25, 0.3) is 0 Å². The quantitative estimate of drug-likeness (QED) is 0.0379. The molecule has 0 spiro atoms. The predicted molar refractivity (Wildman–Crippen MR) is 235 cm³/mol. The van der Waals surface area contributed by atoms with Gasteiger partial charge in [-0.3, -0.25) is 14.5 Å². The SMILES string of the molecule is CCCCCCCCCCCCCCCC(=O)OCC(CCCCN(CCO)C1CCCCCC1)COC(=O)CC(CCCCCC)CCCCCCCC. The molecule has 0 amide bonds. The van der Waals surface area contributed by atoms with Crippen LogP contribution in [0.4, 0.5) is 0 Å². The van der Waals surface area contributed by atoms with Gasteiger partial charge >= 0.3 is 11.9 Å². The zero-order valence-electron chi connectivity index (χ0n) is 37.3. The number of esters is 2. The van der Waals surface area contributed by atoms with Crippen LogP contribution < -0.4 is 0 Å². The maximum atomic E-state index is 13.2. The first-order valence-corrected chi connectivity index (χ1v) is 24.7. The molecular formula is C49H95NO5. The molecule has 1 rings (SSSR count). The predicted octanol–water partition coefficient (Wildman–Crippen LogP) is 14.1. The van der Waals surface area contributed by atoms with Gasteiger partial charge in [-0.25, -0.2) is 0 Å². The molecule has 1 fully saturated rings. The summed E-state index contributed by atoms with van der Waals surface area (Å²) in [7, 11) is 0. The van der Waals surface area contributed by atoms with E-state index < -0.39 is 0 Å². The number of rotatable bonds is 40. The Morgan fingerprint density at radius 1 is 0.509 bits per heavy atom. The summed E-state index contributed by atoms with van der Waals surface area (Å²) in [4.78, 5) is 28.6. The van der Waals surface area contributed by atoms with Gasteiger partial charge in [0, 0.05) is 31.3 Å². The number of aliphatic hydroxyl groups excluding tert-OH is 1. The van der Waals surface area contributed by atoms with E-state index in [1.165, 1.54) is 173 Å². The molecule has 0 bridgehead atoms. The average Bonchev–Trinajstić information content (AvgIpc) is 3.48. The van der Waals surface area contributed by atoms with Crippen molar-refractivity contribution in [2.24, 2.45) is 11.8 Å². The van der Waals surface area contributed by atoms with E-state index in [4.69, 9.17) is 9.47 Å². The molecule has 2 atom stereocenters. The van der Waals surface area contributed by atoms with Crippen molar-refractivity contribution in [2.75, 3.05) is 32.9 Å². The van der Waals surface area contributed by atoms with Gasteiger partial charge in [0.1, 0.15) is 0 Å². The molecule has 0 heterocycles. The number of nitrogens with zero attached hydrogens (tertiary/aromatic N) is 1. The zero-order valence-corrected chi connectivity index (χ0v) is 37.3. The molecule has 0 aromatic carbocycles. The van der Waals surface area contributed by atoms with Gasteiger partial charge in [0.15, 0.2) is 0 Å². The maximum Gasteiger partial charge on any atom is 0.306 e. The standard InChI is InChI=1S/C49H95NO5/c1-4-7-10-13-15-16-17-18-19-20-21-23-30-38-48(52)54-43-46(35-31-32-39-50(40-41-51)47-36-28-24-25-29-37-47)44-55-49(53)42-45(33-26-12-9-6-3)34-27-22-14-11-8-5-2/h45-47,51H,4-44H2,1-3H3. The third kappa shape index (κ3) is 32.5. The van der Waals surface area contributed by atoms with Gasteiger partial charge in [-0.15, -0.1) is 0 Å². The first-order chi connectivity index (χ1) is 27.0. The van der Waals surface area contributed by atoms with Crippen molar-refractivity contribution in [3.05, 3.63) is 0 Å². The van der Waals surface area contributed by atoms with E-state index >= 15 is 0 Å². The fraction of sp³-hybridized carbons (Fsp3) is 0.959. The van der Waals surface area contributed by atoms with Crippen LogP contribution >= 0.6 is 0 Å². The maximum absolute atomic E-state index is 13.2. The van der Waals surface area contributed by atoms with Crippen molar-refractivity contribution in [3.63, 3.8) is 0 Å². The van der Waals surface area contributed by atoms with E-state index in [0.717, 1.165) is 58.0 Å². The second-order valence-electron chi connectivity index (χ2n) is 17.6. The smallest absolute Gasteiger partial charge is 0.306 e. The van der Waals surface area contributed by atoms with Crippen molar-refractivity contribution in [1.29, 1.82) is 0 Å². The molecule has 55 heavy (non-hydrogen) atoms. The summed E-state index contributed by atoms with van der Waals surface area (Å²) in [6, 6.07) is 0.587. The van der Waals surface area contributed by atoms with Gasteiger partial charge in [0.05, 0.1) is 19.8 Å². The second kappa shape index (κ2) is 39.7. The van der Waals surface area contributed by atoms with Gasteiger partial charge in [0.2, 0.25) is 0 Å². The Labute approximate surface area is 342 Å². The molecule has 0 radical (unpaired) electrons. The van der Waals surface area contributed by atoms with Gasteiger partial charge in [-0.1, -0.05) is 194 Å². The summed E-state index contributed by atoms with van der Waals surface area (Å²) in [5.41, 5.74) is 0. The van der Waals surface area contributed by atoms with Crippen molar-refractivity contribution < 1.29 is 24.2 Å². The summed E-state index contributed by atoms with van der Waals surface area (Å²) >= 11 is 0. The first kappa shape index (κ1) is 51.9. The molecule has 1 saturated carbocycles. The zero-order chi connectivity index (χ0) is 39.9. The monoisotopic (exact) mass is 778 g/mol. The Morgan fingerprint density at radius 2 is 0.927 bits per heavy atom. The van der Waals surface area contributed by atoms with E-state index in [1.807, 2.05) is 0 Å². The summed E-state index contributed by atoms with van der Waals surface area (Å²) in [5.74, 6) is 0.268. The van der Waals surface area contributed by atoms with Crippen molar-refractivity contribution in [1.82, 2.24) is 4.90 Å². The second-order valence-corrected chi connectivity index (χ2v) is 17.6. The summed E-state index contributed by atoms with van der Waals surface area (Å²) in [5, 5.41) is 9.79. The van der Waals surface area contributed by atoms with Crippen LogP contribution in [-0.4, -0.2) is 60.9 Å². The van der Waals surface area contributed by atoms with Gasteiger partial charge < -0.3 is 14.6 Å². The highest BCUT2D eigenvalue weighted by Gasteiger charge is 2.21. The van der Waals surface area contributed by atoms with Crippen LogP contribution in [0.15, 0.2) is 0 Å². The molecule has 1 aliphatic carbocycles. The minimum atomic E-state index is -0.104. The average molecular weight is 778 g/mol. The molecule has 6 nitrogen and oxygen atoms in total. The van der Waals surface area contributed by atoms with E-state index in [9.17, 15) is 14.7 Å². The molecule has 2 unspecified atom stereocenters. The largest absolute Gasteiger partial charge is 0.465 e. The van der Waals surface area contributed by atoms with Gasteiger partial charge in [-0.2, -0.15) is 0 Å². The Balaban J connectivity index is 2.56. The lowest BCUT2D eigenvalue weighted by Gasteiger charge is -2.30. The van der Waals surface area contributed by atoms with E-state index in [2.05, 4.69) is 25.7 Å². The number of aliphatic hydroxyl groups is 1. The molecule has 326 valence electrons. The van der Waals surface area contributed by atoms with Crippen LogP contribution in [0.3, 0.4) is 0 Å². The Morgan fingerprint density at radius 3 is 1.44 bits per heavy atom. The topological polar surface area (TPSA) is 76.1 Å². The Kier molecular flexibility index (Phi) is 37.4. The minimum Gasteiger partial charge on any atom is -0.465 e. The van der Waals surface area contributed by atoms with E-state index in [-0.39, 0.29) is 24.5 Å². The van der Waals surface area contributed by atoms with Crippen molar-refractivity contribution >= 4 is 11.9 Å². The Hall–Kier alpha value is -1.14. The molecule has 0 aromatic heterocycles. The number of carbonyl (C=O) groups is 2. The van der Waals surface area contributed by atoms with Gasteiger partial charge in [0.25, 0.3) is 0 Å². The molecule has 0 saturated heterocycles. The number of unbranched alkanes of at least 4 members (excludes halogenated alkanes) is 21. The lowest BCUT2D eigenvalue weighted by molar-refractivity contribution is -0.150. The van der Waals surface area contributed by atoms with E-state index in [1.54, 1.807) is 0 Å². The van der Waals surface area contributed by atoms with Crippen molar-refractivity contribution in [3.8, 4) is 0 Å².